The zero-order valence-electron chi connectivity index (χ0n) is 15.2. The van der Waals surface area contributed by atoms with Gasteiger partial charge in [-0.05, 0) is 51.3 Å². The first kappa shape index (κ1) is 19.1. The number of carbonyl (C=O) groups is 1. The highest BCUT2D eigenvalue weighted by Gasteiger charge is 2.17. The summed E-state index contributed by atoms with van der Waals surface area (Å²) >= 11 is 0. The smallest absolute Gasteiger partial charge is 0.412 e. The van der Waals surface area contributed by atoms with E-state index in [-0.39, 0.29) is 0 Å². The van der Waals surface area contributed by atoms with Gasteiger partial charge in [0.05, 0.1) is 12.8 Å². The number of hydrogen-bond donors (Lipinski definition) is 2. The number of amides is 1. The molecule has 0 saturated heterocycles. The molecule has 1 unspecified atom stereocenters. The van der Waals surface area contributed by atoms with Crippen LogP contribution < -0.4 is 15.4 Å². The normalized spacial score (nSPS) is 12.4. The number of rotatable bonds is 7. The van der Waals surface area contributed by atoms with Crippen molar-refractivity contribution in [2.45, 2.75) is 53.1 Å². The van der Waals surface area contributed by atoms with Crippen molar-refractivity contribution in [1.29, 1.82) is 0 Å². The molecule has 0 radical (unpaired) electrons. The molecular formula is C18H30N2O3. The number of carbonyl (C=O) groups excluding carboxylic acids is 1. The third-order valence-corrected chi connectivity index (χ3v) is 3.27. The summed E-state index contributed by atoms with van der Waals surface area (Å²) in [6.45, 7) is 10.8. The molecule has 0 aliphatic rings. The Kier molecular flexibility index (Phi) is 7.20. The molecule has 5 nitrogen and oxygen atoms in total. The highest BCUT2D eigenvalue weighted by Crippen LogP contribution is 2.28. The molecule has 1 aromatic rings. The Morgan fingerprint density at radius 2 is 2.00 bits per heavy atom. The summed E-state index contributed by atoms with van der Waals surface area (Å²) in [6.07, 6.45) is 1.87. The minimum absolute atomic E-state index is 0.493. The molecule has 130 valence electrons. The summed E-state index contributed by atoms with van der Waals surface area (Å²) in [5, 5.41) is 6.14. The molecule has 1 amide bonds. The van der Waals surface area contributed by atoms with Crippen LogP contribution in [0.15, 0.2) is 18.2 Å². The van der Waals surface area contributed by atoms with Crippen molar-refractivity contribution in [3.05, 3.63) is 18.2 Å². The molecule has 1 aromatic carbocycles. The van der Waals surface area contributed by atoms with Crippen LogP contribution >= 0.6 is 0 Å². The molecule has 0 aliphatic heterocycles. The molecule has 2 N–H and O–H groups in total. The van der Waals surface area contributed by atoms with E-state index in [1.54, 1.807) is 7.11 Å². The molecule has 1 atom stereocenters. The van der Waals surface area contributed by atoms with Crippen LogP contribution in [-0.2, 0) is 4.74 Å². The topological polar surface area (TPSA) is 59.6 Å². The molecule has 0 aromatic heterocycles. The van der Waals surface area contributed by atoms with Gasteiger partial charge in [-0.1, -0.05) is 20.3 Å². The number of anilines is 2. The molecule has 0 spiro atoms. The number of ether oxygens (including phenoxy) is 2. The summed E-state index contributed by atoms with van der Waals surface area (Å²) in [7, 11) is 1.58. The predicted molar refractivity (Wildman–Crippen MR) is 95.4 cm³/mol. The number of hydrogen-bond acceptors (Lipinski definition) is 4. The predicted octanol–water partition coefficient (Wildman–Crippen LogP) is 4.89. The second-order valence-corrected chi connectivity index (χ2v) is 6.82. The van der Waals surface area contributed by atoms with E-state index in [1.807, 2.05) is 39.0 Å². The van der Waals surface area contributed by atoms with E-state index in [0.717, 1.165) is 12.2 Å². The Morgan fingerprint density at radius 1 is 1.30 bits per heavy atom. The van der Waals surface area contributed by atoms with E-state index < -0.39 is 11.7 Å². The van der Waals surface area contributed by atoms with Crippen LogP contribution in [-0.4, -0.2) is 25.3 Å². The lowest BCUT2D eigenvalue weighted by atomic mass is 10.1. The zero-order valence-corrected chi connectivity index (χ0v) is 15.2. The van der Waals surface area contributed by atoms with Gasteiger partial charge in [0.1, 0.15) is 11.4 Å². The monoisotopic (exact) mass is 322 g/mol. The third kappa shape index (κ3) is 7.26. The summed E-state index contributed by atoms with van der Waals surface area (Å²) in [4.78, 5) is 11.9. The summed E-state index contributed by atoms with van der Waals surface area (Å²) in [6, 6.07) is 5.64. The van der Waals surface area contributed by atoms with Gasteiger partial charge < -0.3 is 14.8 Å². The quantitative estimate of drug-likeness (QED) is 0.750. The van der Waals surface area contributed by atoms with Crippen LogP contribution in [0.1, 0.15) is 47.5 Å². The minimum atomic E-state index is -0.539. The molecule has 0 heterocycles. The Hall–Kier alpha value is -1.91. The molecule has 0 fully saturated rings. The van der Waals surface area contributed by atoms with Gasteiger partial charge in [0.2, 0.25) is 0 Å². The van der Waals surface area contributed by atoms with Crippen LogP contribution in [0.2, 0.25) is 0 Å². The van der Waals surface area contributed by atoms with Crippen LogP contribution in [0.3, 0.4) is 0 Å². The minimum Gasteiger partial charge on any atom is -0.495 e. The van der Waals surface area contributed by atoms with Crippen molar-refractivity contribution >= 4 is 17.5 Å². The Balaban J connectivity index is 2.76. The van der Waals surface area contributed by atoms with E-state index in [2.05, 4.69) is 24.5 Å². The lowest BCUT2D eigenvalue weighted by Crippen LogP contribution is -2.27. The number of benzene rings is 1. The Labute approximate surface area is 139 Å². The van der Waals surface area contributed by atoms with Crippen molar-refractivity contribution in [3.8, 4) is 5.75 Å². The first-order chi connectivity index (χ1) is 10.7. The molecule has 0 aliphatic carbocycles. The van der Waals surface area contributed by atoms with Crippen LogP contribution in [0.25, 0.3) is 0 Å². The lowest BCUT2D eigenvalue weighted by molar-refractivity contribution is 0.0635. The van der Waals surface area contributed by atoms with Crippen LogP contribution in [0.4, 0.5) is 16.2 Å². The molecule has 23 heavy (non-hydrogen) atoms. The second kappa shape index (κ2) is 8.65. The average Bonchev–Trinajstić information content (AvgIpc) is 2.43. The lowest BCUT2D eigenvalue weighted by Gasteiger charge is -2.20. The fraction of sp³-hybridized carbons (Fsp3) is 0.611. The molecular weight excluding hydrogens is 292 g/mol. The molecule has 1 rings (SSSR count). The third-order valence-electron chi connectivity index (χ3n) is 3.27. The highest BCUT2D eigenvalue weighted by molar-refractivity contribution is 5.88. The molecule has 5 heteroatoms. The standard InChI is InChI=1S/C18H30N2O3/c1-7-8-13(2)12-19-14-9-10-16(22-6)15(11-14)20-17(21)23-18(3,4)5/h9-11,13,19H,7-8,12H2,1-6H3,(H,20,21). The van der Waals surface area contributed by atoms with Crippen molar-refractivity contribution < 1.29 is 14.3 Å². The van der Waals surface area contributed by atoms with Gasteiger partial charge in [0.15, 0.2) is 0 Å². The first-order valence-corrected chi connectivity index (χ1v) is 8.17. The van der Waals surface area contributed by atoms with E-state index in [0.29, 0.717) is 17.4 Å². The zero-order chi connectivity index (χ0) is 17.5. The van der Waals surface area contributed by atoms with E-state index >= 15 is 0 Å². The summed E-state index contributed by atoms with van der Waals surface area (Å²) in [5.74, 6) is 1.20. The van der Waals surface area contributed by atoms with Crippen molar-refractivity contribution in [1.82, 2.24) is 0 Å². The number of methoxy groups -OCH3 is 1. The summed E-state index contributed by atoms with van der Waals surface area (Å²) < 4.78 is 10.6. The highest BCUT2D eigenvalue weighted by atomic mass is 16.6. The largest absolute Gasteiger partial charge is 0.495 e. The van der Waals surface area contributed by atoms with Gasteiger partial charge in [-0.25, -0.2) is 4.79 Å². The maximum absolute atomic E-state index is 11.9. The maximum Gasteiger partial charge on any atom is 0.412 e. The number of nitrogens with one attached hydrogen (secondary N) is 2. The molecule has 0 saturated carbocycles. The van der Waals surface area contributed by atoms with Crippen molar-refractivity contribution in [2.75, 3.05) is 24.3 Å². The SMILES string of the molecule is CCCC(C)CNc1ccc(OC)c(NC(=O)OC(C)(C)C)c1. The van der Waals surface area contributed by atoms with Gasteiger partial charge in [0, 0.05) is 12.2 Å². The Morgan fingerprint density at radius 3 is 2.57 bits per heavy atom. The van der Waals surface area contributed by atoms with Crippen LogP contribution in [0, 0.1) is 5.92 Å². The summed E-state index contributed by atoms with van der Waals surface area (Å²) in [5.41, 5.74) is 0.998. The molecule has 0 bridgehead atoms. The average molecular weight is 322 g/mol. The van der Waals surface area contributed by atoms with Crippen LogP contribution in [0.5, 0.6) is 5.75 Å². The van der Waals surface area contributed by atoms with E-state index in [4.69, 9.17) is 9.47 Å². The fourth-order valence-corrected chi connectivity index (χ4v) is 2.22. The maximum atomic E-state index is 11.9. The van der Waals surface area contributed by atoms with Crippen molar-refractivity contribution in [2.24, 2.45) is 5.92 Å². The van der Waals surface area contributed by atoms with Gasteiger partial charge in [0.25, 0.3) is 0 Å². The first-order valence-electron chi connectivity index (χ1n) is 8.17. The van der Waals surface area contributed by atoms with Gasteiger partial charge in [-0.3, -0.25) is 5.32 Å². The van der Waals surface area contributed by atoms with E-state index in [1.165, 1.54) is 12.8 Å². The van der Waals surface area contributed by atoms with Gasteiger partial charge in [-0.15, -0.1) is 0 Å². The van der Waals surface area contributed by atoms with E-state index in [9.17, 15) is 4.79 Å². The Bertz CT molecular complexity index is 509. The van der Waals surface area contributed by atoms with Crippen molar-refractivity contribution in [3.63, 3.8) is 0 Å². The fourth-order valence-electron chi connectivity index (χ4n) is 2.22. The second-order valence-electron chi connectivity index (χ2n) is 6.82. The van der Waals surface area contributed by atoms with Gasteiger partial charge >= 0.3 is 6.09 Å². The van der Waals surface area contributed by atoms with Gasteiger partial charge in [-0.2, -0.15) is 0 Å².